The van der Waals surface area contributed by atoms with Crippen LogP contribution in [0.3, 0.4) is 0 Å². The van der Waals surface area contributed by atoms with Crippen molar-refractivity contribution in [3.8, 4) is 5.75 Å². The van der Waals surface area contributed by atoms with Crippen molar-refractivity contribution < 1.29 is 22.7 Å². The van der Waals surface area contributed by atoms with Crippen LogP contribution in [0.5, 0.6) is 5.75 Å². The molecule has 2 heterocycles. The highest BCUT2D eigenvalue weighted by Crippen LogP contribution is 2.35. The van der Waals surface area contributed by atoms with Gasteiger partial charge in [0.1, 0.15) is 5.75 Å². The molecule has 0 spiro atoms. The molecule has 0 saturated carbocycles. The maximum atomic E-state index is 13.2. The van der Waals surface area contributed by atoms with Gasteiger partial charge in [0.2, 0.25) is 21.8 Å². The van der Waals surface area contributed by atoms with Gasteiger partial charge in [-0.3, -0.25) is 9.59 Å². The van der Waals surface area contributed by atoms with Gasteiger partial charge >= 0.3 is 0 Å². The van der Waals surface area contributed by atoms with Crippen LogP contribution < -0.4 is 15.0 Å². The topological polar surface area (TPSA) is 96.0 Å². The first-order valence-electron chi connectivity index (χ1n) is 11.1. The van der Waals surface area contributed by atoms with E-state index < -0.39 is 10.0 Å². The molecule has 4 rings (SSSR count). The summed E-state index contributed by atoms with van der Waals surface area (Å²) in [6.45, 7) is 4.05. The number of anilines is 2. The number of rotatable bonds is 5. The van der Waals surface area contributed by atoms with Crippen molar-refractivity contribution in [3.05, 3.63) is 48.0 Å². The number of nitrogens with zero attached hydrogens (tertiary/aromatic N) is 2. The molecular formula is C24H29N3O5S. The number of nitrogens with one attached hydrogen (secondary N) is 1. The first-order chi connectivity index (χ1) is 15.7. The van der Waals surface area contributed by atoms with Gasteiger partial charge in [-0.1, -0.05) is 0 Å². The van der Waals surface area contributed by atoms with Crippen molar-refractivity contribution in [2.45, 2.75) is 44.0 Å². The van der Waals surface area contributed by atoms with Crippen LogP contribution in [0.1, 0.15) is 32.3 Å². The molecular weight excluding hydrogens is 442 g/mol. The number of piperidine rings is 1. The van der Waals surface area contributed by atoms with E-state index in [4.69, 9.17) is 4.74 Å². The van der Waals surface area contributed by atoms with E-state index in [9.17, 15) is 18.0 Å². The van der Waals surface area contributed by atoms with Crippen molar-refractivity contribution in [1.82, 2.24) is 4.31 Å². The van der Waals surface area contributed by atoms with Gasteiger partial charge in [0.25, 0.3) is 0 Å². The summed E-state index contributed by atoms with van der Waals surface area (Å²) in [4.78, 5) is 26.5. The van der Waals surface area contributed by atoms with E-state index in [1.165, 1.54) is 11.2 Å². The second-order valence-electron chi connectivity index (χ2n) is 8.63. The molecule has 9 heteroatoms. The Labute approximate surface area is 194 Å². The lowest BCUT2D eigenvalue weighted by Gasteiger charge is -2.30. The fourth-order valence-corrected chi connectivity index (χ4v) is 6.19. The van der Waals surface area contributed by atoms with Gasteiger partial charge < -0.3 is 15.0 Å². The highest BCUT2D eigenvalue weighted by Gasteiger charge is 2.34. The van der Waals surface area contributed by atoms with Gasteiger partial charge in [0.15, 0.2) is 0 Å². The number of ether oxygens (including phenoxy) is 1. The lowest BCUT2D eigenvalue weighted by Crippen LogP contribution is -2.41. The smallest absolute Gasteiger partial charge is 0.243 e. The molecule has 2 aliphatic rings. The normalized spacial score (nSPS) is 19.2. The molecule has 33 heavy (non-hydrogen) atoms. The van der Waals surface area contributed by atoms with Crippen molar-refractivity contribution in [2.24, 2.45) is 5.92 Å². The van der Waals surface area contributed by atoms with Crippen LogP contribution in [-0.2, 0) is 26.0 Å². The van der Waals surface area contributed by atoms with Gasteiger partial charge in [-0.05, 0) is 74.2 Å². The largest absolute Gasteiger partial charge is 0.497 e. The third-order valence-corrected chi connectivity index (χ3v) is 8.32. The zero-order valence-corrected chi connectivity index (χ0v) is 19.9. The Morgan fingerprint density at radius 2 is 1.73 bits per heavy atom. The van der Waals surface area contributed by atoms with E-state index in [1.807, 2.05) is 6.92 Å². The average molecular weight is 472 g/mol. The molecule has 0 aliphatic carbocycles. The number of carbonyl (C=O) groups excluding carboxylic acids is 2. The van der Waals surface area contributed by atoms with Crippen molar-refractivity contribution >= 4 is 33.2 Å². The summed E-state index contributed by atoms with van der Waals surface area (Å²) in [7, 11) is -2.09. The predicted molar refractivity (Wildman–Crippen MR) is 126 cm³/mol. The number of fused-ring (bicyclic) bond motifs is 1. The highest BCUT2D eigenvalue weighted by molar-refractivity contribution is 7.89. The lowest BCUT2D eigenvalue weighted by atomic mass is 9.97. The standard InChI is InChI=1S/C24H29N3O5S/c1-16-14-19-15-22(8-9-23(19)27(16)17(2)28)33(30,31)26-12-10-18(11-13-26)24(29)25-20-4-6-21(32-3)7-5-20/h4-9,15-16,18H,10-14H2,1-3H3,(H,25,29)/t16-/m1/s1. The predicted octanol–water partition coefficient (Wildman–Crippen LogP) is 3.03. The fraction of sp³-hybridized carbons (Fsp3) is 0.417. The quantitative estimate of drug-likeness (QED) is 0.723. The van der Waals surface area contributed by atoms with Crippen molar-refractivity contribution in [1.29, 1.82) is 0 Å². The third kappa shape index (κ3) is 4.60. The van der Waals surface area contributed by atoms with Crippen LogP contribution in [0.25, 0.3) is 0 Å². The molecule has 0 aromatic heterocycles. The Morgan fingerprint density at radius 1 is 1.06 bits per heavy atom. The van der Waals surface area contributed by atoms with Crippen LogP contribution >= 0.6 is 0 Å². The van der Waals surface area contributed by atoms with Crippen LogP contribution in [0.4, 0.5) is 11.4 Å². The Balaban J connectivity index is 1.40. The number of sulfonamides is 1. The van der Waals surface area contributed by atoms with Crippen molar-refractivity contribution in [3.63, 3.8) is 0 Å². The summed E-state index contributed by atoms with van der Waals surface area (Å²) < 4.78 is 33.1. The Bertz CT molecular complexity index is 1160. The zero-order valence-electron chi connectivity index (χ0n) is 19.1. The van der Waals surface area contributed by atoms with Gasteiger partial charge in [-0.2, -0.15) is 4.31 Å². The summed E-state index contributed by atoms with van der Waals surface area (Å²) in [5.41, 5.74) is 2.33. The molecule has 0 radical (unpaired) electrons. The van der Waals surface area contributed by atoms with Crippen LogP contribution in [0.15, 0.2) is 47.4 Å². The fourth-order valence-electron chi connectivity index (χ4n) is 4.67. The van der Waals surface area contributed by atoms with Gasteiger partial charge in [0.05, 0.1) is 12.0 Å². The van der Waals surface area contributed by atoms with E-state index in [0.717, 1.165) is 11.3 Å². The summed E-state index contributed by atoms with van der Waals surface area (Å²) in [6, 6.07) is 12.1. The molecule has 176 valence electrons. The Hall–Kier alpha value is -2.91. The number of hydrogen-bond donors (Lipinski definition) is 1. The number of amides is 2. The van der Waals surface area contributed by atoms with Crippen LogP contribution in [0.2, 0.25) is 0 Å². The second-order valence-corrected chi connectivity index (χ2v) is 10.6. The van der Waals surface area contributed by atoms with E-state index >= 15 is 0 Å². The van der Waals surface area contributed by atoms with Crippen LogP contribution in [-0.4, -0.2) is 50.8 Å². The Kier molecular flexibility index (Phi) is 6.45. The molecule has 2 aliphatic heterocycles. The first-order valence-corrected chi connectivity index (χ1v) is 12.5. The Morgan fingerprint density at radius 3 is 2.33 bits per heavy atom. The maximum Gasteiger partial charge on any atom is 0.243 e. The van der Waals surface area contributed by atoms with E-state index in [-0.39, 0.29) is 41.8 Å². The van der Waals surface area contributed by atoms with E-state index in [1.54, 1.807) is 54.5 Å². The number of hydrogen-bond acceptors (Lipinski definition) is 5. The maximum absolute atomic E-state index is 13.2. The van der Waals surface area contributed by atoms with E-state index in [2.05, 4.69) is 5.32 Å². The minimum Gasteiger partial charge on any atom is -0.497 e. The monoisotopic (exact) mass is 471 g/mol. The summed E-state index contributed by atoms with van der Waals surface area (Å²) in [5, 5.41) is 2.90. The number of benzene rings is 2. The molecule has 8 nitrogen and oxygen atoms in total. The average Bonchev–Trinajstić information content (AvgIpc) is 3.14. The third-order valence-electron chi connectivity index (χ3n) is 6.43. The molecule has 0 bridgehead atoms. The van der Waals surface area contributed by atoms with Crippen LogP contribution in [0, 0.1) is 5.92 Å². The summed E-state index contributed by atoms with van der Waals surface area (Å²) in [5.74, 6) is 0.310. The second kappa shape index (κ2) is 9.15. The lowest BCUT2D eigenvalue weighted by molar-refractivity contribution is -0.121. The van der Waals surface area contributed by atoms with Gasteiger partial charge in [0, 0.05) is 43.3 Å². The van der Waals surface area contributed by atoms with E-state index in [0.29, 0.717) is 30.7 Å². The molecule has 2 aromatic carbocycles. The molecule has 1 fully saturated rings. The van der Waals surface area contributed by atoms with Gasteiger partial charge in [-0.15, -0.1) is 0 Å². The number of methoxy groups -OCH3 is 1. The molecule has 2 aromatic rings. The molecule has 1 N–H and O–H groups in total. The highest BCUT2D eigenvalue weighted by atomic mass is 32.2. The zero-order chi connectivity index (χ0) is 23.8. The molecule has 1 atom stereocenters. The number of carbonyl (C=O) groups is 2. The first kappa shape index (κ1) is 23.3. The summed E-state index contributed by atoms with van der Waals surface area (Å²) in [6.07, 6.45) is 1.55. The minimum absolute atomic E-state index is 0.00964. The molecule has 0 unspecified atom stereocenters. The van der Waals surface area contributed by atoms with Crippen molar-refractivity contribution in [2.75, 3.05) is 30.4 Å². The SMILES string of the molecule is COc1ccc(NC(=O)C2CCN(S(=O)(=O)c3ccc4c(c3)C[C@@H](C)N4C(C)=O)CC2)cc1. The molecule has 2 amide bonds. The summed E-state index contributed by atoms with van der Waals surface area (Å²) >= 11 is 0. The minimum atomic E-state index is -3.67. The molecule has 1 saturated heterocycles. The van der Waals surface area contributed by atoms with Gasteiger partial charge in [-0.25, -0.2) is 8.42 Å².